The molecule has 0 unspecified atom stereocenters. The van der Waals surface area contributed by atoms with E-state index in [0.717, 1.165) is 61.8 Å². The van der Waals surface area contributed by atoms with E-state index in [1.165, 1.54) is 0 Å². The number of furan rings is 1. The molecule has 4 nitrogen and oxygen atoms in total. The van der Waals surface area contributed by atoms with Crippen molar-refractivity contribution >= 4 is 16.9 Å². The van der Waals surface area contributed by atoms with E-state index in [9.17, 15) is 4.79 Å². The van der Waals surface area contributed by atoms with Crippen LogP contribution >= 0.6 is 0 Å². The summed E-state index contributed by atoms with van der Waals surface area (Å²) >= 11 is 0. The maximum Gasteiger partial charge on any atom is 0.257 e. The van der Waals surface area contributed by atoms with Crippen molar-refractivity contribution < 1.29 is 9.21 Å². The molecule has 0 saturated carbocycles. The number of nitrogens with one attached hydrogen (secondary N) is 1. The lowest BCUT2D eigenvalue weighted by Gasteiger charge is -2.20. The summed E-state index contributed by atoms with van der Waals surface area (Å²) in [7, 11) is 0. The van der Waals surface area contributed by atoms with Crippen LogP contribution in [0.4, 0.5) is 0 Å². The Morgan fingerprint density at radius 1 is 1.14 bits per heavy atom. The highest BCUT2D eigenvalue weighted by Gasteiger charge is 2.32. The van der Waals surface area contributed by atoms with Gasteiger partial charge < -0.3 is 14.6 Å². The highest BCUT2D eigenvalue weighted by Crippen LogP contribution is 2.29. The molecule has 110 valence electrons. The number of amides is 1. The van der Waals surface area contributed by atoms with E-state index in [0.29, 0.717) is 5.56 Å². The van der Waals surface area contributed by atoms with Crippen LogP contribution in [0, 0.1) is 11.8 Å². The van der Waals surface area contributed by atoms with E-state index in [1.54, 1.807) is 6.26 Å². The van der Waals surface area contributed by atoms with Gasteiger partial charge in [-0.15, -0.1) is 0 Å². The fraction of sp³-hybridized carbons (Fsp3) is 0.471. The highest BCUT2D eigenvalue weighted by atomic mass is 16.3. The van der Waals surface area contributed by atoms with Crippen LogP contribution in [0.2, 0.25) is 0 Å². The van der Waals surface area contributed by atoms with E-state index in [1.807, 2.05) is 29.2 Å². The number of nitrogens with zero attached hydrogens (tertiary/aromatic N) is 1. The van der Waals surface area contributed by atoms with Crippen molar-refractivity contribution in [2.75, 3.05) is 26.2 Å². The van der Waals surface area contributed by atoms with Crippen molar-refractivity contribution in [3.63, 3.8) is 0 Å². The van der Waals surface area contributed by atoms with Crippen molar-refractivity contribution in [2.45, 2.75) is 12.8 Å². The third-order valence-electron chi connectivity index (χ3n) is 5.02. The summed E-state index contributed by atoms with van der Waals surface area (Å²) in [5, 5.41) is 4.39. The van der Waals surface area contributed by atoms with Gasteiger partial charge in [0, 0.05) is 18.5 Å². The van der Waals surface area contributed by atoms with Gasteiger partial charge in [0.05, 0.1) is 5.56 Å². The van der Waals surface area contributed by atoms with Gasteiger partial charge in [-0.1, -0.05) is 18.2 Å². The summed E-state index contributed by atoms with van der Waals surface area (Å²) in [6, 6.07) is 7.75. The number of hydrogen-bond acceptors (Lipinski definition) is 3. The van der Waals surface area contributed by atoms with Crippen molar-refractivity contribution in [3.8, 4) is 0 Å². The molecular weight excluding hydrogens is 264 g/mol. The van der Waals surface area contributed by atoms with Crippen LogP contribution < -0.4 is 5.32 Å². The highest BCUT2D eigenvalue weighted by molar-refractivity contribution is 6.05. The maximum absolute atomic E-state index is 12.8. The molecule has 4 heteroatoms. The molecule has 1 N–H and O–H groups in total. The first-order chi connectivity index (χ1) is 10.3. The minimum Gasteiger partial charge on any atom is -0.463 e. The van der Waals surface area contributed by atoms with Gasteiger partial charge in [-0.05, 0) is 43.8 Å². The Hall–Kier alpha value is -1.81. The fourth-order valence-corrected chi connectivity index (χ4v) is 3.73. The Balaban J connectivity index is 1.57. The Bertz CT molecular complexity index is 650. The smallest absolute Gasteiger partial charge is 0.257 e. The number of carbonyl (C=O) groups excluding carboxylic acids is 1. The summed E-state index contributed by atoms with van der Waals surface area (Å²) in [5.41, 5.74) is 1.49. The minimum absolute atomic E-state index is 0.118. The average molecular weight is 284 g/mol. The topological polar surface area (TPSA) is 45.5 Å². The molecule has 2 fully saturated rings. The molecule has 2 aromatic rings. The first-order valence-electron chi connectivity index (χ1n) is 7.79. The summed E-state index contributed by atoms with van der Waals surface area (Å²) in [6.45, 7) is 3.95. The normalized spacial score (nSPS) is 25.8. The van der Waals surface area contributed by atoms with Gasteiger partial charge in [0.1, 0.15) is 11.8 Å². The Labute approximate surface area is 124 Å². The molecule has 1 amide bonds. The number of hydrogen-bond donors (Lipinski definition) is 1. The maximum atomic E-state index is 12.8. The van der Waals surface area contributed by atoms with Gasteiger partial charge >= 0.3 is 0 Å². The number of likely N-dealkylation sites (tertiary alicyclic amines) is 1. The molecule has 1 aromatic heterocycles. The number of fused-ring (bicyclic) bond motifs is 2. The molecule has 21 heavy (non-hydrogen) atoms. The molecule has 0 aliphatic carbocycles. The van der Waals surface area contributed by atoms with Crippen LogP contribution in [-0.4, -0.2) is 37.0 Å². The number of carbonyl (C=O) groups is 1. The molecule has 0 radical (unpaired) electrons. The van der Waals surface area contributed by atoms with E-state index >= 15 is 0 Å². The summed E-state index contributed by atoms with van der Waals surface area (Å²) in [4.78, 5) is 14.8. The van der Waals surface area contributed by atoms with E-state index in [-0.39, 0.29) is 5.91 Å². The van der Waals surface area contributed by atoms with Gasteiger partial charge in [-0.3, -0.25) is 4.79 Å². The average Bonchev–Trinajstić information content (AvgIpc) is 3.09. The molecule has 2 aliphatic heterocycles. The van der Waals surface area contributed by atoms with Crippen molar-refractivity contribution in [1.29, 1.82) is 0 Å². The fourth-order valence-electron chi connectivity index (χ4n) is 3.73. The molecule has 2 atom stereocenters. The first-order valence-corrected chi connectivity index (χ1v) is 7.79. The third kappa shape index (κ3) is 2.23. The second-order valence-electron chi connectivity index (χ2n) is 6.19. The largest absolute Gasteiger partial charge is 0.463 e. The van der Waals surface area contributed by atoms with Crippen LogP contribution in [0.25, 0.3) is 11.0 Å². The standard InChI is InChI=1S/C17H20N2O2/c20-17(15-11-21-16-4-2-1-3-14(15)16)19-7-5-12-9-18-10-13(12)6-8-19/h1-4,11-13,18H,5-10H2/t12-,13+. The minimum atomic E-state index is 0.118. The molecular formula is C17H20N2O2. The molecule has 3 heterocycles. The lowest BCUT2D eigenvalue weighted by Crippen LogP contribution is -2.32. The van der Waals surface area contributed by atoms with Crippen molar-refractivity contribution in [3.05, 3.63) is 36.1 Å². The summed E-state index contributed by atoms with van der Waals surface area (Å²) in [5.74, 6) is 1.60. The van der Waals surface area contributed by atoms with Gasteiger partial charge in [-0.2, -0.15) is 0 Å². The van der Waals surface area contributed by atoms with Crippen LogP contribution in [0.5, 0.6) is 0 Å². The van der Waals surface area contributed by atoms with Crippen LogP contribution in [0.15, 0.2) is 34.9 Å². The van der Waals surface area contributed by atoms with Gasteiger partial charge in [0.2, 0.25) is 0 Å². The molecule has 0 bridgehead atoms. The molecule has 0 spiro atoms. The molecule has 1 aromatic carbocycles. The zero-order chi connectivity index (χ0) is 14.2. The lowest BCUT2D eigenvalue weighted by atomic mass is 9.92. The summed E-state index contributed by atoms with van der Waals surface area (Å²) in [6.07, 6.45) is 3.83. The molecule has 2 aliphatic rings. The van der Waals surface area contributed by atoms with E-state index in [2.05, 4.69) is 5.32 Å². The number of rotatable bonds is 1. The lowest BCUT2D eigenvalue weighted by molar-refractivity contribution is 0.0759. The quantitative estimate of drug-likeness (QED) is 0.875. The van der Waals surface area contributed by atoms with Crippen LogP contribution in [0.3, 0.4) is 0 Å². The van der Waals surface area contributed by atoms with Gasteiger partial charge in [0.15, 0.2) is 0 Å². The second kappa shape index (κ2) is 5.19. The molecule has 2 saturated heterocycles. The SMILES string of the molecule is O=C(c1coc2ccccc12)N1CC[C@@H]2CNC[C@@H]2CC1. The van der Waals surface area contributed by atoms with E-state index < -0.39 is 0 Å². The summed E-state index contributed by atoms with van der Waals surface area (Å²) < 4.78 is 5.51. The van der Waals surface area contributed by atoms with Crippen molar-refractivity contribution in [2.24, 2.45) is 11.8 Å². The van der Waals surface area contributed by atoms with E-state index in [4.69, 9.17) is 4.42 Å². The van der Waals surface area contributed by atoms with Crippen molar-refractivity contribution in [1.82, 2.24) is 10.2 Å². The predicted octanol–water partition coefficient (Wildman–Crippen LogP) is 2.50. The Morgan fingerprint density at radius 3 is 2.62 bits per heavy atom. The Morgan fingerprint density at radius 2 is 1.86 bits per heavy atom. The van der Waals surface area contributed by atoms with Crippen LogP contribution in [-0.2, 0) is 0 Å². The third-order valence-corrected chi connectivity index (χ3v) is 5.02. The van der Waals surface area contributed by atoms with Crippen LogP contribution in [0.1, 0.15) is 23.2 Å². The molecule has 4 rings (SSSR count). The second-order valence-corrected chi connectivity index (χ2v) is 6.19. The Kier molecular flexibility index (Phi) is 3.19. The van der Waals surface area contributed by atoms with Gasteiger partial charge in [0.25, 0.3) is 5.91 Å². The monoisotopic (exact) mass is 284 g/mol. The first kappa shape index (κ1) is 12.9. The van der Waals surface area contributed by atoms with Gasteiger partial charge in [-0.25, -0.2) is 0 Å². The number of para-hydroxylation sites is 1. The zero-order valence-electron chi connectivity index (χ0n) is 12.0. The number of benzene rings is 1. The predicted molar refractivity (Wildman–Crippen MR) is 81.2 cm³/mol. The zero-order valence-corrected chi connectivity index (χ0v) is 12.0.